The van der Waals surface area contributed by atoms with Crippen LogP contribution in [0.1, 0.15) is 40.0 Å². The molecule has 7 nitrogen and oxygen atoms in total. The highest BCUT2D eigenvalue weighted by atomic mass is 16.7. The molecule has 2 unspecified atom stereocenters. The second-order valence-corrected chi connectivity index (χ2v) is 8.31. The van der Waals surface area contributed by atoms with E-state index in [0.717, 1.165) is 12.8 Å². The van der Waals surface area contributed by atoms with Crippen LogP contribution in [0.15, 0.2) is 18.2 Å². The van der Waals surface area contributed by atoms with Gasteiger partial charge in [-0.15, -0.1) is 0 Å². The molecule has 1 N–H and O–H groups in total. The molecule has 2 heterocycles. The average molecular weight is 372 g/mol. The average Bonchev–Trinajstić information content (AvgIpc) is 3.14. The van der Waals surface area contributed by atoms with Gasteiger partial charge < -0.3 is 14.8 Å². The number of imide groups is 1. The minimum absolute atomic E-state index is 0.0646. The van der Waals surface area contributed by atoms with Gasteiger partial charge in [0, 0.05) is 30.6 Å². The van der Waals surface area contributed by atoms with Gasteiger partial charge in [0.2, 0.25) is 24.5 Å². The van der Waals surface area contributed by atoms with E-state index in [0.29, 0.717) is 17.2 Å². The van der Waals surface area contributed by atoms with Crippen molar-refractivity contribution in [3.63, 3.8) is 0 Å². The molecule has 0 spiro atoms. The summed E-state index contributed by atoms with van der Waals surface area (Å²) in [5.74, 6) is 0.525. The van der Waals surface area contributed by atoms with E-state index in [1.807, 2.05) is 20.8 Å². The molecule has 2 atom stereocenters. The largest absolute Gasteiger partial charge is 0.454 e. The molecule has 144 valence electrons. The van der Waals surface area contributed by atoms with Crippen LogP contribution < -0.4 is 14.8 Å². The van der Waals surface area contributed by atoms with Crippen molar-refractivity contribution in [2.24, 2.45) is 16.7 Å². The summed E-state index contributed by atoms with van der Waals surface area (Å²) in [5.41, 5.74) is -0.292. The molecule has 7 heteroatoms. The lowest BCUT2D eigenvalue weighted by Crippen LogP contribution is -2.59. The minimum atomic E-state index is -0.542. The number of hydrogen-bond donors (Lipinski definition) is 1. The summed E-state index contributed by atoms with van der Waals surface area (Å²) in [6.07, 6.45) is 1.51. The number of carbonyl (C=O) groups is 3. The van der Waals surface area contributed by atoms with Gasteiger partial charge in [-0.2, -0.15) is 0 Å². The van der Waals surface area contributed by atoms with Gasteiger partial charge in [-0.3, -0.25) is 19.3 Å². The molecule has 1 aromatic carbocycles. The highest BCUT2D eigenvalue weighted by Crippen LogP contribution is 2.60. The molecule has 0 radical (unpaired) electrons. The molecule has 2 aliphatic heterocycles. The molecule has 3 aliphatic rings. The molecule has 3 amide bonds. The molecule has 1 aromatic rings. The predicted molar refractivity (Wildman–Crippen MR) is 97.1 cm³/mol. The first-order valence-electron chi connectivity index (χ1n) is 9.29. The summed E-state index contributed by atoms with van der Waals surface area (Å²) in [6, 6.07) is 5.16. The van der Waals surface area contributed by atoms with E-state index in [1.54, 1.807) is 18.2 Å². The van der Waals surface area contributed by atoms with E-state index < -0.39 is 5.41 Å². The fourth-order valence-electron chi connectivity index (χ4n) is 4.52. The standard InChI is InChI=1S/C20H24N2O5/c1-19(2)13-6-8-20(19,3)18(25)22(17(13)24)9-7-16(23)21-12-4-5-14-15(10-12)27-11-26-14/h4-5,10,13H,6-9,11H2,1-3H3,(H,21,23). The highest BCUT2D eigenvalue weighted by Gasteiger charge is 2.64. The number of nitrogens with one attached hydrogen (secondary N) is 1. The number of amides is 3. The third-order valence-corrected chi connectivity index (χ3v) is 6.73. The van der Waals surface area contributed by atoms with Gasteiger partial charge in [0.25, 0.3) is 0 Å². The number of piperidine rings is 1. The zero-order valence-corrected chi connectivity index (χ0v) is 15.8. The lowest BCUT2D eigenvalue weighted by Gasteiger charge is -2.47. The molecular weight excluding hydrogens is 348 g/mol. The minimum Gasteiger partial charge on any atom is -0.454 e. The van der Waals surface area contributed by atoms with Crippen molar-refractivity contribution < 1.29 is 23.9 Å². The third kappa shape index (κ3) is 2.59. The molecule has 1 aliphatic carbocycles. The monoisotopic (exact) mass is 372 g/mol. The number of hydrogen-bond acceptors (Lipinski definition) is 5. The zero-order chi connectivity index (χ0) is 19.4. The van der Waals surface area contributed by atoms with E-state index in [9.17, 15) is 14.4 Å². The normalized spacial score (nSPS) is 27.8. The summed E-state index contributed by atoms with van der Waals surface area (Å²) in [6.45, 7) is 6.23. The Bertz CT molecular complexity index is 834. The number of anilines is 1. The number of ether oxygens (including phenoxy) is 2. The van der Waals surface area contributed by atoms with Crippen LogP contribution in [0.2, 0.25) is 0 Å². The van der Waals surface area contributed by atoms with Crippen molar-refractivity contribution in [2.45, 2.75) is 40.0 Å². The molecule has 2 bridgehead atoms. The second-order valence-electron chi connectivity index (χ2n) is 8.31. The van der Waals surface area contributed by atoms with Crippen LogP contribution in [-0.2, 0) is 14.4 Å². The molecule has 1 saturated carbocycles. The van der Waals surface area contributed by atoms with Crippen molar-refractivity contribution in [2.75, 3.05) is 18.7 Å². The van der Waals surface area contributed by atoms with E-state index in [1.165, 1.54) is 4.90 Å². The predicted octanol–water partition coefficient (Wildman–Crippen LogP) is 2.56. The van der Waals surface area contributed by atoms with Crippen LogP contribution in [-0.4, -0.2) is 36.0 Å². The first kappa shape index (κ1) is 17.8. The number of likely N-dealkylation sites (tertiary alicyclic amines) is 1. The lowest BCUT2D eigenvalue weighted by atomic mass is 9.62. The van der Waals surface area contributed by atoms with E-state index in [-0.39, 0.29) is 48.8 Å². The van der Waals surface area contributed by atoms with Crippen LogP contribution in [0.25, 0.3) is 0 Å². The van der Waals surface area contributed by atoms with Crippen LogP contribution in [0.5, 0.6) is 11.5 Å². The zero-order valence-electron chi connectivity index (χ0n) is 15.8. The molecule has 2 fully saturated rings. The fraction of sp³-hybridized carbons (Fsp3) is 0.550. The first-order valence-corrected chi connectivity index (χ1v) is 9.29. The second kappa shape index (κ2) is 5.97. The summed E-state index contributed by atoms with van der Waals surface area (Å²) < 4.78 is 10.5. The lowest BCUT2D eigenvalue weighted by molar-refractivity contribution is -0.167. The van der Waals surface area contributed by atoms with Gasteiger partial charge in [0.1, 0.15) is 0 Å². The van der Waals surface area contributed by atoms with Gasteiger partial charge in [0.05, 0.1) is 5.41 Å². The summed E-state index contributed by atoms with van der Waals surface area (Å²) >= 11 is 0. The quantitative estimate of drug-likeness (QED) is 0.821. The van der Waals surface area contributed by atoms with Gasteiger partial charge in [-0.05, 0) is 30.4 Å². The third-order valence-electron chi connectivity index (χ3n) is 6.73. The van der Waals surface area contributed by atoms with Crippen molar-refractivity contribution in [1.82, 2.24) is 4.90 Å². The number of rotatable bonds is 4. The van der Waals surface area contributed by atoms with E-state index in [2.05, 4.69) is 5.32 Å². The Morgan fingerprint density at radius 3 is 2.74 bits per heavy atom. The summed E-state index contributed by atoms with van der Waals surface area (Å²) in [7, 11) is 0. The van der Waals surface area contributed by atoms with E-state index in [4.69, 9.17) is 9.47 Å². The van der Waals surface area contributed by atoms with Crippen molar-refractivity contribution in [3.8, 4) is 11.5 Å². The Kier molecular flexibility index (Phi) is 3.94. The number of benzene rings is 1. The highest BCUT2D eigenvalue weighted by molar-refractivity contribution is 6.04. The van der Waals surface area contributed by atoms with Crippen molar-refractivity contribution in [1.29, 1.82) is 0 Å². The molecular formula is C20H24N2O5. The number of nitrogens with zero attached hydrogens (tertiary/aromatic N) is 1. The smallest absolute Gasteiger partial charge is 0.235 e. The van der Waals surface area contributed by atoms with Crippen LogP contribution in [0.4, 0.5) is 5.69 Å². The Hall–Kier alpha value is -2.57. The Morgan fingerprint density at radius 1 is 1.22 bits per heavy atom. The summed E-state index contributed by atoms with van der Waals surface area (Å²) in [4.78, 5) is 39.4. The fourth-order valence-corrected chi connectivity index (χ4v) is 4.52. The molecule has 4 rings (SSSR count). The first-order chi connectivity index (χ1) is 12.7. The number of fused-ring (bicyclic) bond motifs is 3. The van der Waals surface area contributed by atoms with Crippen LogP contribution in [0.3, 0.4) is 0 Å². The molecule has 27 heavy (non-hydrogen) atoms. The SMILES string of the molecule is CC12CCC(C(=O)N(CCC(=O)Nc3ccc4c(c3)OCO4)C1=O)C2(C)C. The maximum Gasteiger partial charge on any atom is 0.235 e. The van der Waals surface area contributed by atoms with E-state index >= 15 is 0 Å². The molecule has 0 aromatic heterocycles. The van der Waals surface area contributed by atoms with Gasteiger partial charge in [-0.25, -0.2) is 0 Å². The van der Waals surface area contributed by atoms with Gasteiger partial charge in [0.15, 0.2) is 11.5 Å². The molecule has 1 saturated heterocycles. The van der Waals surface area contributed by atoms with Gasteiger partial charge >= 0.3 is 0 Å². The Labute approximate surface area is 158 Å². The van der Waals surface area contributed by atoms with Crippen molar-refractivity contribution in [3.05, 3.63) is 18.2 Å². The van der Waals surface area contributed by atoms with Crippen LogP contribution >= 0.6 is 0 Å². The maximum atomic E-state index is 13.0. The Balaban J connectivity index is 1.41. The van der Waals surface area contributed by atoms with Gasteiger partial charge in [-0.1, -0.05) is 20.8 Å². The maximum absolute atomic E-state index is 13.0. The number of carbonyl (C=O) groups excluding carboxylic acids is 3. The van der Waals surface area contributed by atoms with Crippen molar-refractivity contribution >= 4 is 23.4 Å². The van der Waals surface area contributed by atoms with Crippen LogP contribution in [0, 0.1) is 16.7 Å². The summed E-state index contributed by atoms with van der Waals surface area (Å²) in [5, 5.41) is 2.78. The topological polar surface area (TPSA) is 84.9 Å². The Morgan fingerprint density at radius 2 is 1.96 bits per heavy atom.